The highest BCUT2D eigenvalue weighted by Gasteiger charge is 2.27. The highest BCUT2D eigenvalue weighted by Crippen LogP contribution is 2.28. The third kappa shape index (κ3) is 6.70. The van der Waals surface area contributed by atoms with E-state index >= 15 is 0 Å². The molecule has 0 saturated carbocycles. The molecule has 1 unspecified atom stereocenters. The lowest BCUT2D eigenvalue weighted by atomic mass is 9.99. The van der Waals surface area contributed by atoms with Gasteiger partial charge in [0.25, 0.3) is 0 Å². The Bertz CT molecular complexity index is 857. The molecule has 32 heavy (non-hydrogen) atoms. The maximum absolute atomic E-state index is 9.31. The molecule has 1 heterocycles. The molecular weight excluding hydrogens is 400 g/mol. The van der Waals surface area contributed by atoms with Gasteiger partial charge in [-0.15, -0.1) is 0 Å². The van der Waals surface area contributed by atoms with E-state index in [0.717, 1.165) is 56.8 Å². The fourth-order valence-electron chi connectivity index (χ4n) is 4.41. The van der Waals surface area contributed by atoms with Crippen molar-refractivity contribution >= 4 is 5.69 Å². The average Bonchev–Trinajstić information content (AvgIpc) is 2.84. The average molecular weight is 437 g/mol. The van der Waals surface area contributed by atoms with Crippen LogP contribution in [0.2, 0.25) is 0 Å². The van der Waals surface area contributed by atoms with Crippen LogP contribution in [0.25, 0.3) is 0 Å². The molecule has 6 nitrogen and oxygen atoms in total. The van der Waals surface area contributed by atoms with Crippen LogP contribution < -0.4 is 15.4 Å². The van der Waals surface area contributed by atoms with Crippen LogP contribution in [0.4, 0.5) is 5.69 Å². The van der Waals surface area contributed by atoms with Gasteiger partial charge in [-0.2, -0.15) is 5.26 Å². The van der Waals surface area contributed by atoms with Gasteiger partial charge in [-0.25, -0.2) is 0 Å². The van der Waals surface area contributed by atoms with Gasteiger partial charge in [0.05, 0.1) is 18.2 Å². The summed E-state index contributed by atoms with van der Waals surface area (Å²) in [7, 11) is 1.67. The molecule has 0 amide bonds. The highest BCUT2D eigenvalue weighted by atomic mass is 16.5. The summed E-state index contributed by atoms with van der Waals surface area (Å²) in [5, 5.41) is 9.31. The molecule has 1 fully saturated rings. The molecule has 1 aliphatic heterocycles. The molecular formula is C26H36N4O2. The standard InChI is InChI=1S/C26H36N4O2/c1-21(10-13-27)29-14-11-25(12-15-29)30(20-23-5-3-4-22(18-23)19-28)24-6-8-26(9-7-24)32-17-16-31-2/h3-9,18,21,25H,10-17,20,27H2,1-2H3. The predicted molar refractivity (Wildman–Crippen MR) is 129 cm³/mol. The first-order chi connectivity index (χ1) is 15.6. The largest absolute Gasteiger partial charge is 0.491 e. The van der Waals surface area contributed by atoms with Gasteiger partial charge < -0.3 is 25.0 Å². The van der Waals surface area contributed by atoms with E-state index in [1.165, 1.54) is 5.69 Å². The number of likely N-dealkylation sites (tertiary alicyclic amines) is 1. The molecule has 0 aliphatic carbocycles. The lowest BCUT2D eigenvalue weighted by molar-refractivity contribution is 0.146. The van der Waals surface area contributed by atoms with Crippen molar-refractivity contribution in [1.82, 2.24) is 4.90 Å². The van der Waals surface area contributed by atoms with Crippen LogP contribution in [0, 0.1) is 11.3 Å². The zero-order chi connectivity index (χ0) is 22.8. The molecule has 0 bridgehead atoms. The van der Waals surface area contributed by atoms with Crippen molar-refractivity contribution in [2.75, 3.05) is 44.9 Å². The van der Waals surface area contributed by atoms with Crippen LogP contribution >= 0.6 is 0 Å². The Morgan fingerprint density at radius 2 is 1.91 bits per heavy atom. The molecule has 0 spiro atoms. The summed E-state index contributed by atoms with van der Waals surface area (Å²) >= 11 is 0. The Morgan fingerprint density at radius 3 is 2.56 bits per heavy atom. The van der Waals surface area contributed by atoms with Gasteiger partial charge in [-0.05, 0) is 74.7 Å². The van der Waals surface area contributed by atoms with Crippen molar-refractivity contribution in [2.24, 2.45) is 5.73 Å². The number of nitrogens with zero attached hydrogens (tertiary/aromatic N) is 3. The second-order valence-electron chi connectivity index (χ2n) is 8.47. The number of rotatable bonds is 11. The van der Waals surface area contributed by atoms with Crippen molar-refractivity contribution in [1.29, 1.82) is 5.26 Å². The Labute approximate surface area is 192 Å². The van der Waals surface area contributed by atoms with Gasteiger partial charge in [0.1, 0.15) is 12.4 Å². The number of nitrogens with two attached hydrogens (primary N) is 1. The topological polar surface area (TPSA) is 74.8 Å². The van der Waals surface area contributed by atoms with E-state index in [9.17, 15) is 5.26 Å². The van der Waals surface area contributed by atoms with Gasteiger partial charge in [-0.1, -0.05) is 12.1 Å². The van der Waals surface area contributed by atoms with Crippen molar-refractivity contribution < 1.29 is 9.47 Å². The Hall–Kier alpha value is -2.59. The zero-order valence-corrected chi connectivity index (χ0v) is 19.4. The van der Waals surface area contributed by atoms with Crippen LogP contribution in [0.15, 0.2) is 48.5 Å². The maximum atomic E-state index is 9.31. The Kier molecular flexibility index (Phi) is 9.36. The Balaban J connectivity index is 1.75. The van der Waals surface area contributed by atoms with Crippen LogP contribution in [-0.4, -0.2) is 56.9 Å². The molecule has 1 saturated heterocycles. The molecule has 0 aromatic heterocycles. The van der Waals surface area contributed by atoms with Gasteiger partial charge >= 0.3 is 0 Å². The van der Waals surface area contributed by atoms with Crippen LogP contribution in [0.5, 0.6) is 5.75 Å². The molecule has 3 rings (SSSR count). The van der Waals surface area contributed by atoms with Gasteiger partial charge in [0.2, 0.25) is 0 Å². The van der Waals surface area contributed by atoms with E-state index in [1.54, 1.807) is 7.11 Å². The smallest absolute Gasteiger partial charge is 0.119 e. The predicted octanol–water partition coefficient (Wildman–Crippen LogP) is 3.79. The fourth-order valence-corrected chi connectivity index (χ4v) is 4.41. The van der Waals surface area contributed by atoms with Crippen LogP contribution in [0.3, 0.4) is 0 Å². The summed E-state index contributed by atoms with van der Waals surface area (Å²) in [6.07, 6.45) is 3.26. The number of hydrogen-bond acceptors (Lipinski definition) is 6. The monoisotopic (exact) mass is 436 g/mol. The molecule has 1 aliphatic rings. The van der Waals surface area contributed by atoms with E-state index in [0.29, 0.717) is 30.9 Å². The fraction of sp³-hybridized carbons (Fsp3) is 0.500. The molecule has 2 N–H and O–H groups in total. The summed E-state index contributed by atoms with van der Waals surface area (Å²) in [4.78, 5) is 5.05. The summed E-state index contributed by atoms with van der Waals surface area (Å²) < 4.78 is 10.8. The van der Waals surface area contributed by atoms with Crippen LogP contribution in [-0.2, 0) is 11.3 Å². The van der Waals surface area contributed by atoms with Crippen molar-refractivity contribution in [3.05, 3.63) is 59.7 Å². The van der Waals surface area contributed by atoms with Crippen molar-refractivity contribution in [3.63, 3.8) is 0 Å². The molecule has 0 radical (unpaired) electrons. The van der Waals surface area contributed by atoms with Gasteiger partial charge in [-0.3, -0.25) is 0 Å². The number of benzene rings is 2. The number of anilines is 1. The summed E-state index contributed by atoms with van der Waals surface area (Å²) in [6.45, 7) is 7.08. The number of ether oxygens (including phenoxy) is 2. The third-order valence-corrected chi connectivity index (χ3v) is 6.28. The number of hydrogen-bond donors (Lipinski definition) is 1. The second-order valence-corrected chi connectivity index (χ2v) is 8.47. The first-order valence-corrected chi connectivity index (χ1v) is 11.6. The molecule has 172 valence electrons. The van der Waals surface area contributed by atoms with E-state index in [2.05, 4.69) is 41.0 Å². The maximum Gasteiger partial charge on any atom is 0.119 e. The normalized spacial score (nSPS) is 15.8. The zero-order valence-electron chi connectivity index (χ0n) is 19.4. The summed E-state index contributed by atoms with van der Waals surface area (Å²) in [5.74, 6) is 0.850. The second kappa shape index (κ2) is 12.4. The molecule has 2 aromatic rings. The number of methoxy groups -OCH3 is 1. The first kappa shape index (κ1) is 24.1. The minimum Gasteiger partial charge on any atom is -0.491 e. The van der Waals surface area contributed by atoms with Crippen molar-refractivity contribution in [3.8, 4) is 11.8 Å². The minimum absolute atomic E-state index is 0.447. The Morgan fingerprint density at radius 1 is 1.16 bits per heavy atom. The van der Waals surface area contributed by atoms with Gasteiger partial charge in [0, 0.05) is 44.5 Å². The highest BCUT2D eigenvalue weighted by molar-refractivity contribution is 5.51. The van der Waals surface area contributed by atoms with Crippen molar-refractivity contribution in [2.45, 2.75) is 44.8 Å². The van der Waals surface area contributed by atoms with E-state index < -0.39 is 0 Å². The first-order valence-electron chi connectivity index (χ1n) is 11.6. The number of nitriles is 1. The lowest BCUT2D eigenvalue weighted by Gasteiger charge is -2.42. The lowest BCUT2D eigenvalue weighted by Crippen LogP contribution is -2.47. The van der Waals surface area contributed by atoms with Gasteiger partial charge in [0.15, 0.2) is 0 Å². The molecule has 1 atom stereocenters. The SMILES string of the molecule is COCCOc1ccc(N(Cc2cccc(C#N)c2)C2CCN(C(C)CCN)CC2)cc1. The molecule has 2 aromatic carbocycles. The van der Waals surface area contributed by atoms with E-state index in [-0.39, 0.29) is 0 Å². The van der Waals surface area contributed by atoms with E-state index in [4.69, 9.17) is 15.2 Å². The summed E-state index contributed by atoms with van der Waals surface area (Å²) in [5.41, 5.74) is 8.81. The van der Waals surface area contributed by atoms with Crippen LogP contribution in [0.1, 0.15) is 37.3 Å². The van der Waals surface area contributed by atoms with E-state index in [1.807, 2.05) is 30.3 Å². The minimum atomic E-state index is 0.447. The summed E-state index contributed by atoms with van der Waals surface area (Å²) in [6, 6.07) is 19.5. The quantitative estimate of drug-likeness (QED) is 0.540. The molecule has 6 heteroatoms. The number of piperidine rings is 1. The third-order valence-electron chi connectivity index (χ3n) is 6.28.